The Balaban J connectivity index is 1.52. The number of carbonyl (C=O) groups is 1. The maximum Gasteiger partial charge on any atom is 0.275 e. The van der Waals surface area contributed by atoms with E-state index in [-0.39, 0.29) is 11.6 Å². The first kappa shape index (κ1) is 19.4. The van der Waals surface area contributed by atoms with Crippen LogP contribution in [0.4, 0.5) is 11.5 Å². The fraction of sp³-hybridized carbons (Fsp3) is 0.227. The van der Waals surface area contributed by atoms with Gasteiger partial charge >= 0.3 is 0 Å². The number of para-hydroxylation sites is 1. The molecule has 1 heterocycles. The van der Waals surface area contributed by atoms with Crippen molar-refractivity contribution in [3.8, 4) is 11.5 Å². The molecule has 144 valence electrons. The molecule has 1 aromatic heterocycles. The quantitative estimate of drug-likeness (QED) is 0.507. The third-order valence-electron chi connectivity index (χ3n) is 4.06. The maximum atomic E-state index is 12.3. The molecule has 0 unspecified atom stereocenters. The van der Waals surface area contributed by atoms with Gasteiger partial charge in [0.1, 0.15) is 23.0 Å². The highest BCUT2D eigenvalue weighted by Crippen LogP contribution is 2.22. The van der Waals surface area contributed by atoms with Gasteiger partial charge < -0.3 is 15.4 Å². The van der Waals surface area contributed by atoms with Crippen LogP contribution in [0, 0.1) is 0 Å². The molecule has 3 rings (SSSR count). The Kier molecular flexibility index (Phi) is 6.95. The lowest BCUT2D eigenvalue weighted by atomic mass is 10.2. The fourth-order valence-corrected chi connectivity index (χ4v) is 2.55. The molecule has 0 saturated carbocycles. The molecule has 0 saturated heterocycles. The molecule has 28 heavy (non-hydrogen) atoms. The van der Waals surface area contributed by atoms with E-state index in [0.29, 0.717) is 17.3 Å². The monoisotopic (exact) mass is 376 g/mol. The first-order valence-electron chi connectivity index (χ1n) is 9.45. The molecule has 6 nitrogen and oxygen atoms in total. The van der Waals surface area contributed by atoms with Gasteiger partial charge in [0.15, 0.2) is 0 Å². The van der Waals surface area contributed by atoms with Crippen molar-refractivity contribution in [3.63, 3.8) is 0 Å². The molecule has 2 aromatic carbocycles. The summed E-state index contributed by atoms with van der Waals surface area (Å²) in [6, 6.07) is 16.7. The second-order valence-electron chi connectivity index (χ2n) is 6.31. The van der Waals surface area contributed by atoms with Crippen molar-refractivity contribution < 1.29 is 9.53 Å². The summed E-state index contributed by atoms with van der Waals surface area (Å²) in [6.07, 6.45) is 6.49. The lowest BCUT2D eigenvalue weighted by molar-refractivity contribution is 0.102. The van der Waals surface area contributed by atoms with Crippen molar-refractivity contribution >= 4 is 17.4 Å². The summed E-state index contributed by atoms with van der Waals surface area (Å²) in [5.74, 6) is 1.83. The van der Waals surface area contributed by atoms with Crippen LogP contribution in [0.3, 0.4) is 0 Å². The Labute approximate surface area is 165 Å². The Morgan fingerprint density at radius 2 is 1.68 bits per heavy atom. The number of anilines is 2. The Morgan fingerprint density at radius 1 is 0.929 bits per heavy atom. The second-order valence-corrected chi connectivity index (χ2v) is 6.31. The summed E-state index contributed by atoms with van der Waals surface area (Å²) >= 11 is 0. The fourth-order valence-electron chi connectivity index (χ4n) is 2.55. The van der Waals surface area contributed by atoms with E-state index in [0.717, 1.165) is 18.7 Å². The molecule has 2 N–H and O–H groups in total. The number of hydrogen-bond acceptors (Lipinski definition) is 5. The smallest absolute Gasteiger partial charge is 0.275 e. The second kappa shape index (κ2) is 10.1. The van der Waals surface area contributed by atoms with Gasteiger partial charge in [-0.1, -0.05) is 38.0 Å². The van der Waals surface area contributed by atoms with Gasteiger partial charge in [-0.05, 0) is 42.8 Å². The third-order valence-corrected chi connectivity index (χ3v) is 4.06. The normalized spacial score (nSPS) is 10.3. The standard InChI is InChI=1S/C22H24N4O2/c1-2-3-7-14-23-21-16-24-20(15-25-21)22(27)26-17-10-12-19(13-11-17)28-18-8-5-4-6-9-18/h4-6,8-13,15-16H,2-3,7,14H2,1H3,(H,23,25)(H,26,27). The van der Waals surface area contributed by atoms with Gasteiger partial charge in [-0.25, -0.2) is 9.97 Å². The zero-order valence-corrected chi connectivity index (χ0v) is 15.9. The maximum absolute atomic E-state index is 12.3. The molecule has 3 aromatic rings. The summed E-state index contributed by atoms with van der Waals surface area (Å²) in [5.41, 5.74) is 0.928. The average molecular weight is 376 g/mol. The van der Waals surface area contributed by atoms with Crippen molar-refractivity contribution in [1.82, 2.24) is 9.97 Å². The molecule has 0 spiro atoms. The number of aromatic nitrogens is 2. The van der Waals surface area contributed by atoms with E-state index in [1.165, 1.54) is 19.0 Å². The van der Waals surface area contributed by atoms with Gasteiger partial charge in [-0.2, -0.15) is 0 Å². The van der Waals surface area contributed by atoms with E-state index in [4.69, 9.17) is 4.74 Å². The largest absolute Gasteiger partial charge is 0.457 e. The summed E-state index contributed by atoms with van der Waals surface area (Å²) in [4.78, 5) is 20.8. The Morgan fingerprint density at radius 3 is 2.36 bits per heavy atom. The van der Waals surface area contributed by atoms with Gasteiger partial charge in [0.2, 0.25) is 0 Å². The SMILES string of the molecule is CCCCCNc1cnc(C(=O)Nc2ccc(Oc3ccccc3)cc2)cn1. The number of unbranched alkanes of at least 4 members (excludes halogenated alkanes) is 2. The number of benzene rings is 2. The third kappa shape index (κ3) is 5.81. The average Bonchev–Trinajstić information content (AvgIpc) is 2.74. The number of carbonyl (C=O) groups excluding carboxylic acids is 1. The Hall–Kier alpha value is -3.41. The van der Waals surface area contributed by atoms with Gasteiger partial charge in [-0.3, -0.25) is 4.79 Å². The molecule has 0 aliphatic rings. The minimum Gasteiger partial charge on any atom is -0.457 e. The van der Waals surface area contributed by atoms with E-state index in [2.05, 4.69) is 27.5 Å². The van der Waals surface area contributed by atoms with Crippen molar-refractivity contribution in [3.05, 3.63) is 72.7 Å². The minimum absolute atomic E-state index is 0.267. The molecule has 0 fully saturated rings. The van der Waals surface area contributed by atoms with Crippen LogP contribution in [-0.2, 0) is 0 Å². The van der Waals surface area contributed by atoms with Crippen LogP contribution < -0.4 is 15.4 Å². The van der Waals surface area contributed by atoms with Crippen molar-refractivity contribution in [2.75, 3.05) is 17.2 Å². The lowest BCUT2D eigenvalue weighted by Crippen LogP contribution is -2.14. The Bertz CT molecular complexity index is 865. The number of nitrogens with one attached hydrogen (secondary N) is 2. The summed E-state index contributed by atoms with van der Waals surface area (Å²) in [5, 5.41) is 6.01. The number of amides is 1. The first-order chi connectivity index (χ1) is 13.7. The predicted octanol–water partition coefficient (Wildman–Crippen LogP) is 5.12. The van der Waals surface area contributed by atoms with E-state index in [1.54, 1.807) is 30.5 Å². The number of nitrogens with zero attached hydrogens (tertiary/aromatic N) is 2. The molecule has 0 aliphatic carbocycles. The zero-order chi connectivity index (χ0) is 19.6. The summed E-state index contributed by atoms with van der Waals surface area (Å²) in [6.45, 7) is 3.02. The van der Waals surface area contributed by atoms with Gasteiger partial charge in [0.05, 0.1) is 12.4 Å². The number of hydrogen-bond donors (Lipinski definition) is 2. The first-order valence-corrected chi connectivity index (χ1v) is 9.45. The highest BCUT2D eigenvalue weighted by atomic mass is 16.5. The van der Waals surface area contributed by atoms with E-state index < -0.39 is 0 Å². The zero-order valence-electron chi connectivity index (χ0n) is 15.9. The van der Waals surface area contributed by atoms with Crippen LogP contribution in [0.25, 0.3) is 0 Å². The number of ether oxygens (including phenoxy) is 1. The summed E-state index contributed by atoms with van der Waals surface area (Å²) < 4.78 is 5.74. The molecule has 0 atom stereocenters. The highest BCUT2D eigenvalue weighted by molar-refractivity contribution is 6.02. The van der Waals surface area contributed by atoms with E-state index >= 15 is 0 Å². The predicted molar refractivity (Wildman–Crippen MR) is 111 cm³/mol. The molecular formula is C22H24N4O2. The molecule has 0 radical (unpaired) electrons. The van der Waals surface area contributed by atoms with Crippen LogP contribution in [0.5, 0.6) is 11.5 Å². The molecular weight excluding hydrogens is 352 g/mol. The van der Waals surface area contributed by atoms with Crippen LogP contribution in [-0.4, -0.2) is 22.4 Å². The van der Waals surface area contributed by atoms with Gasteiger partial charge in [-0.15, -0.1) is 0 Å². The molecule has 6 heteroatoms. The topological polar surface area (TPSA) is 76.1 Å². The van der Waals surface area contributed by atoms with E-state index in [1.807, 2.05) is 30.3 Å². The van der Waals surface area contributed by atoms with Crippen LogP contribution in [0.1, 0.15) is 36.7 Å². The van der Waals surface area contributed by atoms with Crippen LogP contribution in [0.2, 0.25) is 0 Å². The molecule has 1 amide bonds. The van der Waals surface area contributed by atoms with Crippen molar-refractivity contribution in [1.29, 1.82) is 0 Å². The lowest BCUT2D eigenvalue weighted by Gasteiger charge is -2.08. The summed E-state index contributed by atoms with van der Waals surface area (Å²) in [7, 11) is 0. The minimum atomic E-state index is -0.304. The van der Waals surface area contributed by atoms with Crippen molar-refractivity contribution in [2.45, 2.75) is 26.2 Å². The van der Waals surface area contributed by atoms with E-state index in [9.17, 15) is 4.79 Å². The van der Waals surface area contributed by atoms with Crippen LogP contribution in [0.15, 0.2) is 67.0 Å². The van der Waals surface area contributed by atoms with Gasteiger partial charge in [0.25, 0.3) is 5.91 Å². The highest BCUT2D eigenvalue weighted by Gasteiger charge is 2.09. The van der Waals surface area contributed by atoms with Crippen molar-refractivity contribution in [2.24, 2.45) is 0 Å². The number of rotatable bonds is 9. The molecule has 0 aliphatic heterocycles. The molecule has 0 bridgehead atoms. The van der Waals surface area contributed by atoms with Gasteiger partial charge in [0, 0.05) is 12.2 Å². The van der Waals surface area contributed by atoms with Crippen LogP contribution >= 0.6 is 0 Å².